The van der Waals surface area contributed by atoms with E-state index < -0.39 is 6.04 Å². The molecule has 0 unspecified atom stereocenters. The number of carbonyl (C=O) groups excluding carboxylic acids is 2. The predicted molar refractivity (Wildman–Crippen MR) is 123 cm³/mol. The van der Waals surface area contributed by atoms with E-state index in [0.29, 0.717) is 26.2 Å². The molecule has 2 aliphatic rings. The lowest BCUT2D eigenvalue weighted by Gasteiger charge is -2.50. The number of ether oxygens (including phenoxy) is 1. The van der Waals surface area contributed by atoms with E-state index in [4.69, 9.17) is 4.74 Å². The number of piperidine rings is 1. The minimum atomic E-state index is -0.429. The lowest BCUT2D eigenvalue weighted by molar-refractivity contribution is -0.130. The van der Waals surface area contributed by atoms with Crippen molar-refractivity contribution in [2.45, 2.75) is 44.6 Å². The summed E-state index contributed by atoms with van der Waals surface area (Å²) in [7, 11) is 3.65. The Bertz CT molecular complexity index is 1020. The molecule has 8 heteroatoms. The number of nitrogens with zero attached hydrogens (tertiary/aromatic N) is 3. The van der Waals surface area contributed by atoms with Crippen molar-refractivity contribution in [3.05, 3.63) is 29.5 Å². The van der Waals surface area contributed by atoms with Gasteiger partial charge in [0.05, 0.1) is 25.3 Å². The SMILES string of the molecule is CCCNC(=O)N1CC2(CCN(C(C)=O)CC2)c2c(n(C)c3cc(OC)ccc23)[C@H]1CO. The second-order valence-corrected chi connectivity index (χ2v) is 9.05. The quantitative estimate of drug-likeness (QED) is 0.762. The Labute approximate surface area is 189 Å². The number of likely N-dealkylation sites (tertiary alicyclic amines) is 1. The van der Waals surface area contributed by atoms with Crippen LogP contribution in [0.25, 0.3) is 10.9 Å². The summed E-state index contributed by atoms with van der Waals surface area (Å²) in [5, 5.41) is 14.6. The Hall–Kier alpha value is -2.74. The van der Waals surface area contributed by atoms with Crippen LogP contribution in [0.15, 0.2) is 18.2 Å². The fourth-order valence-electron chi connectivity index (χ4n) is 5.56. The minimum absolute atomic E-state index is 0.0873. The van der Waals surface area contributed by atoms with Gasteiger partial charge in [0.15, 0.2) is 0 Å². The molecule has 174 valence electrons. The predicted octanol–water partition coefficient (Wildman–Crippen LogP) is 2.54. The average molecular weight is 443 g/mol. The number of fused-ring (bicyclic) bond motifs is 4. The first-order valence-electron chi connectivity index (χ1n) is 11.4. The van der Waals surface area contributed by atoms with Crippen LogP contribution < -0.4 is 10.1 Å². The Balaban J connectivity index is 1.88. The van der Waals surface area contributed by atoms with E-state index in [9.17, 15) is 14.7 Å². The number of hydrogen-bond acceptors (Lipinski definition) is 4. The topological polar surface area (TPSA) is 87.0 Å². The molecule has 1 spiro atoms. The van der Waals surface area contributed by atoms with Gasteiger partial charge in [-0.2, -0.15) is 0 Å². The van der Waals surface area contributed by atoms with Crippen LogP contribution in [0.4, 0.5) is 4.79 Å². The van der Waals surface area contributed by atoms with Crippen LogP contribution in [0.5, 0.6) is 5.75 Å². The zero-order chi connectivity index (χ0) is 23.0. The number of aliphatic hydroxyl groups is 1. The van der Waals surface area contributed by atoms with E-state index in [1.165, 1.54) is 5.56 Å². The van der Waals surface area contributed by atoms with E-state index >= 15 is 0 Å². The molecule has 3 amide bonds. The van der Waals surface area contributed by atoms with Gasteiger partial charge >= 0.3 is 6.03 Å². The zero-order valence-corrected chi connectivity index (χ0v) is 19.5. The molecule has 0 bridgehead atoms. The molecule has 1 aromatic heterocycles. The van der Waals surface area contributed by atoms with Crippen molar-refractivity contribution < 1.29 is 19.4 Å². The molecular weight excluding hydrogens is 408 g/mol. The van der Waals surface area contributed by atoms with Crippen LogP contribution in [-0.2, 0) is 17.3 Å². The number of methoxy groups -OCH3 is 1. The number of aliphatic hydroxyl groups excluding tert-OH is 1. The second kappa shape index (κ2) is 8.65. The molecule has 0 radical (unpaired) electrons. The first-order chi connectivity index (χ1) is 15.4. The summed E-state index contributed by atoms with van der Waals surface area (Å²) in [4.78, 5) is 28.9. The van der Waals surface area contributed by atoms with E-state index in [1.807, 2.05) is 31.0 Å². The number of aryl methyl sites for hydroxylation is 1. The number of carbonyl (C=O) groups is 2. The maximum Gasteiger partial charge on any atom is 0.318 e. The third-order valence-corrected chi connectivity index (χ3v) is 7.27. The first-order valence-corrected chi connectivity index (χ1v) is 11.4. The number of benzene rings is 1. The molecule has 0 saturated carbocycles. The molecule has 1 fully saturated rings. The lowest BCUT2D eigenvalue weighted by Crippen LogP contribution is -2.57. The van der Waals surface area contributed by atoms with Gasteiger partial charge in [-0.3, -0.25) is 4.79 Å². The maximum atomic E-state index is 13.2. The van der Waals surface area contributed by atoms with Crippen LogP contribution in [0.3, 0.4) is 0 Å². The summed E-state index contributed by atoms with van der Waals surface area (Å²) in [5.41, 5.74) is 2.94. The van der Waals surface area contributed by atoms with Crippen molar-refractivity contribution in [3.63, 3.8) is 0 Å². The number of amides is 3. The van der Waals surface area contributed by atoms with Crippen molar-refractivity contribution in [1.29, 1.82) is 0 Å². The highest BCUT2D eigenvalue weighted by Gasteiger charge is 2.49. The van der Waals surface area contributed by atoms with Gasteiger partial charge in [-0.15, -0.1) is 0 Å². The van der Waals surface area contributed by atoms with Crippen LogP contribution in [0.1, 0.15) is 50.4 Å². The molecular formula is C24H34N4O4. The number of hydrogen-bond donors (Lipinski definition) is 2. The average Bonchev–Trinajstić information content (AvgIpc) is 3.10. The first kappa shape index (κ1) is 22.5. The molecule has 2 aromatic rings. The van der Waals surface area contributed by atoms with E-state index in [-0.39, 0.29) is 24.0 Å². The Morgan fingerprint density at radius 1 is 1.28 bits per heavy atom. The molecule has 2 aliphatic heterocycles. The Kier molecular flexibility index (Phi) is 6.07. The monoisotopic (exact) mass is 442 g/mol. The van der Waals surface area contributed by atoms with Gasteiger partial charge in [-0.25, -0.2) is 4.79 Å². The molecule has 0 aliphatic carbocycles. The summed E-state index contributed by atoms with van der Waals surface area (Å²) in [6, 6.07) is 5.50. The fraction of sp³-hybridized carbons (Fsp3) is 0.583. The summed E-state index contributed by atoms with van der Waals surface area (Å²) in [5.74, 6) is 0.860. The highest BCUT2D eigenvalue weighted by atomic mass is 16.5. The van der Waals surface area contributed by atoms with Gasteiger partial charge in [0.1, 0.15) is 5.75 Å². The third-order valence-electron chi connectivity index (χ3n) is 7.27. The molecule has 2 N–H and O–H groups in total. The van der Waals surface area contributed by atoms with Crippen molar-refractivity contribution >= 4 is 22.8 Å². The van der Waals surface area contributed by atoms with E-state index in [1.54, 1.807) is 18.9 Å². The van der Waals surface area contributed by atoms with Crippen molar-refractivity contribution in [1.82, 2.24) is 19.7 Å². The van der Waals surface area contributed by atoms with Crippen molar-refractivity contribution in [2.75, 3.05) is 39.9 Å². The van der Waals surface area contributed by atoms with Gasteiger partial charge in [0, 0.05) is 62.7 Å². The number of nitrogens with one attached hydrogen (secondary N) is 1. The van der Waals surface area contributed by atoms with Crippen molar-refractivity contribution in [3.8, 4) is 5.75 Å². The van der Waals surface area contributed by atoms with Crippen LogP contribution >= 0.6 is 0 Å². The summed E-state index contributed by atoms with van der Waals surface area (Å²) >= 11 is 0. The summed E-state index contributed by atoms with van der Waals surface area (Å²) < 4.78 is 7.57. The smallest absolute Gasteiger partial charge is 0.318 e. The van der Waals surface area contributed by atoms with Crippen LogP contribution in [0, 0.1) is 0 Å². The van der Waals surface area contributed by atoms with Gasteiger partial charge in [-0.05, 0) is 37.0 Å². The van der Waals surface area contributed by atoms with Crippen LogP contribution in [-0.4, -0.2) is 71.3 Å². The molecule has 3 heterocycles. The normalized spacial score (nSPS) is 19.8. The molecule has 4 rings (SSSR count). The summed E-state index contributed by atoms with van der Waals surface area (Å²) in [6.45, 7) is 5.93. The van der Waals surface area contributed by atoms with Gasteiger partial charge in [-0.1, -0.05) is 6.92 Å². The minimum Gasteiger partial charge on any atom is -0.497 e. The van der Waals surface area contributed by atoms with Gasteiger partial charge in [0.25, 0.3) is 0 Å². The molecule has 1 atom stereocenters. The third kappa shape index (κ3) is 3.50. The summed E-state index contributed by atoms with van der Waals surface area (Å²) in [6.07, 6.45) is 2.40. The zero-order valence-electron chi connectivity index (χ0n) is 19.5. The largest absolute Gasteiger partial charge is 0.497 e. The van der Waals surface area contributed by atoms with Crippen LogP contribution in [0.2, 0.25) is 0 Å². The number of urea groups is 1. The fourth-order valence-corrected chi connectivity index (χ4v) is 5.56. The Morgan fingerprint density at radius 3 is 2.59 bits per heavy atom. The Morgan fingerprint density at radius 2 is 2.00 bits per heavy atom. The second-order valence-electron chi connectivity index (χ2n) is 9.05. The molecule has 1 aromatic carbocycles. The number of aromatic nitrogens is 1. The molecule has 8 nitrogen and oxygen atoms in total. The maximum absolute atomic E-state index is 13.2. The van der Waals surface area contributed by atoms with Gasteiger partial charge < -0.3 is 29.5 Å². The standard InChI is InChI=1S/C24H34N4O4/c1-5-10-25-23(31)28-15-24(8-11-27(12-9-24)16(2)30)21-18-7-6-17(32-4)13-19(18)26(3)22(21)20(28)14-29/h6-7,13,20,29H,5,8-12,14-15H2,1-4H3,(H,25,31)/t20-/m1/s1. The highest BCUT2D eigenvalue weighted by Crippen LogP contribution is 2.50. The molecule has 1 saturated heterocycles. The number of rotatable bonds is 4. The lowest BCUT2D eigenvalue weighted by atomic mass is 9.68. The van der Waals surface area contributed by atoms with E-state index in [2.05, 4.69) is 16.0 Å². The highest BCUT2D eigenvalue weighted by molar-refractivity contribution is 5.89. The van der Waals surface area contributed by atoms with Crippen molar-refractivity contribution in [2.24, 2.45) is 7.05 Å². The molecule has 32 heavy (non-hydrogen) atoms. The van der Waals surface area contributed by atoms with E-state index in [0.717, 1.165) is 41.6 Å². The van der Waals surface area contributed by atoms with Gasteiger partial charge in [0.2, 0.25) is 5.91 Å².